The van der Waals surface area contributed by atoms with Crippen LogP contribution in [0, 0.1) is 12.8 Å². The molecule has 0 aliphatic heterocycles. The van der Waals surface area contributed by atoms with Gasteiger partial charge in [0.1, 0.15) is 5.75 Å². The van der Waals surface area contributed by atoms with Gasteiger partial charge in [-0.3, -0.25) is 9.59 Å². The minimum atomic E-state index is -0.235. The summed E-state index contributed by atoms with van der Waals surface area (Å²) in [5.74, 6) is 0.637. The maximum absolute atomic E-state index is 12.2. The molecule has 2 aromatic carbocycles. The van der Waals surface area contributed by atoms with Crippen molar-refractivity contribution in [1.29, 1.82) is 0 Å². The Balaban J connectivity index is 1.58. The van der Waals surface area contributed by atoms with Crippen LogP contribution in [-0.2, 0) is 16.0 Å². The van der Waals surface area contributed by atoms with Gasteiger partial charge in [-0.15, -0.1) is 0 Å². The molecule has 3 rings (SSSR count). The number of rotatable bonds is 7. The van der Waals surface area contributed by atoms with Gasteiger partial charge in [-0.25, -0.2) is 0 Å². The van der Waals surface area contributed by atoms with E-state index in [2.05, 4.69) is 17.6 Å². The van der Waals surface area contributed by atoms with Crippen molar-refractivity contribution < 1.29 is 14.3 Å². The largest absolute Gasteiger partial charge is 0.484 e. The first-order chi connectivity index (χ1) is 12.6. The summed E-state index contributed by atoms with van der Waals surface area (Å²) in [5.41, 5.74) is 3.41. The van der Waals surface area contributed by atoms with Crippen LogP contribution in [-0.4, -0.2) is 18.4 Å². The van der Waals surface area contributed by atoms with Crippen LogP contribution in [0.3, 0.4) is 0 Å². The van der Waals surface area contributed by atoms with Crippen LogP contribution in [0.2, 0.25) is 0 Å². The van der Waals surface area contributed by atoms with Crippen LogP contribution in [0.25, 0.3) is 0 Å². The summed E-state index contributed by atoms with van der Waals surface area (Å²) in [6.45, 7) is 3.89. The fourth-order valence-electron chi connectivity index (χ4n) is 2.68. The van der Waals surface area contributed by atoms with Crippen LogP contribution in [0.1, 0.15) is 30.9 Å². The van der Waals surface area contributed by atoms with Crippen LogP contribution < -0.4 is 15.4 Å². The third-order valence-corrected chi connectivity index (χ3v) is 4.49. The number of ether oxygens (including phenoxy) is 1. The molecule has 0 aromatic heterocycles. The van der Waals surface area contributed by atoms with Gasteiger partial charge in [0, 0.05) is 17.3 Å². The highest BCUT2D eigenvalue weighted by atomic mass is 16.5. The zero-order valence-electron chi connectivity index (χ0n) is 15.2. The number of hydrogen-bond acceptors (Lipinski definition) is 3. The van der Waals surface area contributed by atoms with Crippen molar-refractivity contribution >= 4 is 23.2 Å². The molecule has 2 aromatic rings. The SMILES string of the molecule is CCc1cccc(OCC(=O)Nc2cccc(NC(=O)C3CC3)c2C)c1. The van der Waals surface area contributed by atoms with Crippen LogP contribution in [0.4, 0.5) is 11.4 Å². The normalized spacial score (nSPS) is 13.2. The van der Waals surface area contributed by atoms with Crippen LogP contribution >= 0.6 is 0 Å². The third kappa shape index (κ3) is 4.63. The first kappa shape index (κ1) is 18.0. The smallest absolute Gasteiger partial charge is 0.262 e. The number of carbonyl (C=O) groups excluding carboxylic acids is 2. The van der Waals surface area contributed by atoms with E-state index in [1.807, 2.05) is 49.4 Å². The molecule has 1 aliphatic carbocycles. The molecule has 0 bridgehead atoms. The molecule has 1 fully saturated rings. The fourth-order valence-corrected chi connectivity index (χ4v) is 2.68. The van der Waals surface area contributed by atoms with Crippen LogP contribution in [0.5, 0.6) is 5.75 Å². The van der Waals surface area contributed by atoms with Gasteiger partial charge in [-0.1, -0.05) is 25.1 Å². The number of carbonyl (C=O) groups is 2. The lowest BCUT2D eigenvalue weighted by atomic mass is 10.1. The van der Waals surface area contributed by atoms with E-state index in [9.17, 15) is 9.59 Å². The molecule has 136 valence electrons. The van der Waals surface area contributed by atoms with Crippen molar-refractivity contribution in [3.8, 4) is 5.75 Å². The van der Waals surface area contributed by atoms with Gasteiger partial charge in [-0.2, -0.15) is 0 Å². The predicted octanol–water partition coefficient (Wildman–Crippen LogP) is 3.92. The molecule has 2 N–H and O–H groups in total. The number of aryl methyl sites for hydroxylation is 1. The molecule has 0 atom stereocenters. The second-order valence-corrected chi connectivity index (χ2v) is 6.58. The molecule has 0 heterocycles. The molecule has 5 heteroatoms. The number of hydrogen-bond donors (Lipinski definition) is 2. The van der Waals surface area contributed by atoms with E-state index < -0.39 is 0 Å². The Morgan fingerprint density at radius 2 is 1.77 bits per heavy atom. The Hall–Kier alpha value is -2.82. The lowest BCUT2D eigenvalue weighted by Crippen LogP contribution is -2.21. The summed E-state index contributed by atoms with van der Waals surface area (Å²) in [7, 11) is 0. The van der Waals surface area contributed by atoms with Crippen molar-refractivity contribution in [1.82, 2.24) is 0 Å². The van der Waals surface area contributed by atoms with Gasteiger partial charge >= 0.3 is 0 Å². The van der Waals surface area contributed by atoms with E-state index in [0.29, 0.717) is 11.4 Å². The quantitative estimate of drug-likeness (QED) is 0.793. The molecule has 0 spiro atoms. The monoisotopic (exact) mass is 352 g/mol. The predicted molar refractivity (Wildman–Crippen MR) is 102 cm³/mol. The minimum absolute atomic E-state index is 0.0516. The molecule has 2 amide bonds. The van der Waals surface area contributed by atoms with Gasteiger partial charge < -0.3 is 15.4 Å². The summed E-state index contributed by atoms with van der Waals surface area (Å²) < 4.78 is 5.58. The van der Waals surface area contributed by atoms with Crippen molar-refractivity contribution in [2.45, 2.75) is 33.1 Å². The van der Waals surface area contributed by atoms with Crippen molar-refractivity contribution in [2.24, 2.45) is 5.92 Å². The van der Waals surface area contributed by atoms with E-state index >= 15 is 0 Å². The lowest BCUT2D eigenvalue weighted by Gasteiger charge is -2.14. The fraction of sp³-hybridized carbons (Fsp3) is 0.333. The van der Waals surface area contributed by atoms with Gasteiger partial charge in [0.2, 0.25) is 5.91 Å². The Morgan fingerprint density at radius 3 is 2.46 bits per heavy atom. The minimum Gasteiger partial charge on any atom is -0.484 e. The highest BCUT2D eigenvalue weighted by molar-refractivity contribution is 5.97. The Morgan fingerprint density at radius 1 is 1.08 bits per heavy atom. The standard InChI is InChI=1S/C21H24N2O3/c1-3-15-6-4-7-17(12-15)26-13-20(24)22-18-8-5-9-19(14(18)2)23-21(25)16-10-11-16/h4-9,12,16H,3,10-11,13H2,1-2H3,(H,22,24)(H,23,25). The molecule has 0 unspecified atom stereocenters. The van der Waals surface area contributed by atoms with Gasteiger partial charge in [0.25, 0.3) is 5.91 Å². The maximum Gasteiger partial charge on any atom is 0.262 e. The lowest BCUT2D eigenvalue weighted by molar-refractivity contribution is -0.118. The molecule has 1 aliphatic rings. The summed E-state index contributed by atoms with van der Waals surface area (Å²) >= 11 is 0. The number of anilines is 2. The summed E-state index contributed by atoms with van der Waals surface area (Å²) in [4.78, 5) is 24.2. The van der Waals surface area contributed by atoms with E-state index in [0.717, 1.165) is 36.1 Å². The van der Waals surface area contributed by atoms with Crippen LogP contribution in [0.15, 0.2) is 42.5 Å². The van der Waals surface area contributed by atoms with Gasteiger partial charge in [-0.05, 0) is 61.6 Å². The zero-order chi connectivity index (χ0) is 18.5. The van der Waals surface area contributed by atoms with Gasteiger partial charge in [0.15, 0.2) is 6.61 Å². The Labute approximate surface area is 153 Å². The second-order valence-electron chi connectivity index (χ2n) is 6.58. The third-order valence-electron chi connectivity index (χ3n) is 4.49. The molecular formula is C21H24N2O3. The zero-order valence-corrected chi connectivity index (χ0v) is 15.2. The highest BCUT2D eigenvalue weighted by Gasteiger charge is 2.29. The first-order valence-electron chi connectivity index (χ1n) is 8.99. The molecular weight excluding hydrogens is 328 g/mol. The van der Waals surface area contributed by atoms with E-state index in [1.165, 1.54) is 0 Å². The average Bonchev–Trinajstić information content (AvgIpc) is 3.49. The molecule has 1 saturated carbocycles. The second kappa shape index (κ2) is 8.04. The summed E-state index contributed by atoms with van der Waals surface area (Å²) in [6.07, 6.45) is 2.83. The highest BCUT2D eigenvalue weighted by Crippen LogP contribution is 2.31. The molecule has 5 nitrogen and oxygen atoms in total. The molecule has 26 heavy (non-hydrogen) atoms. The summed E-state index contributed by atoms with van der Waals surface area (Å²) in [5, 5.41) is 5.79. The van der Waals surface area contributed by atoms with E-state index in [-0.39, 0.29) is 24.3 Å². The molecule has 0 saturated heterocycles. The van der Waals surface area contributed by atoms with Crippen molar-refractivity contribution in [2.75, 3.05) is 17.2 Å². The number of benzene rings is 2. The number of nitrogens with one attached hydrogen (secondary N) is 2. The molecule has 0 radical (unpaired) electrons. The Bertz CT molecular complexity index is 813. The maximum atomic E-state index is 12.2. The number of amides is 2. The van der Waals surface area contributed by atoms with Gasteiger partial charge in [0.05, 0.1) is 0 Å². The topological polar surface area (TPSA) is 67.4 Å². The van der Waals surface area contributed by atoms with Crippen molar-refractivity contribution in [3.05, 3.63) is 53.6 Å². The van der Waals surface area contributed by atoms with Crippen molar-refractivity contribution in [3.63, 3.8) is 0 Å². The van der Waals surface area contributed by atoms with E-state index in [4.69, 9.17) is 4.74 Å². The average molecular weight is 352 g/mol. The first-order valence-corrected chi connectivity index (χ1v) is 8.99. The Kier molecular flexibility index (Phi) is 5.56. The summed E-state index contributed by atoms with van der Waals surface area (Å²) in [6, 6.07) is 13.2. The van der Waals surface area contributed by atoms with E-state index in [1.54, 1.807) is 0 Å².